The molecule has 0 unspecified atom stereocenters. The van der Waals surface area contributed by atoms with Crippen molar-refractivity contribution in [3.05, 3.63) is 42.5 Å². The van der Waals surface area contributed by atoms with Gasteiger partial charge >= 0.3 is 0 Å². The molecule has 2 saturated carbocycles. The first-order valence-corrected chi connectivity index (χ1v) is 10.2. The van der Waals surface area contributed by atoms with E-state index in [1.54, 1.807) is 24.3 Å². The van der Waals surface area contributed by atoms with E-state index in [0.717, 1.165) is 18.6 Å². The molecule has 2 fully saturated rings. The number of carbonyl (C=O) groups is 1. The zero-order valence-electron chi connectivity index (χ0n) is 13.9. The summed E-state index contributed by atoms with van der Waals surface area (Å²) in [6, 6.07) is 6.99. The van der Waals surface area contributed by atoms with E-state index in [2.05, 4.69) is 11.9 Å². The number of nitrogens with zero attached hydrogens (tertiary/aromatic N) is 1. The van der Waals surface area contributed by atoms with Gasteiger partial charge in [0.25, 0.3) is 5.91 Å². The van der Waals surface area contributed by atoms with Crippen LogP contribution in [0.4, 0.5) is 5.69 Å². The number of benzene rings is 1. The van der Waals surface area contributed by atoms with Crippen molar-refractivity contribution in [1.29, 1.82) is 0 Å². The molecule has 0 spiro atoms. The third-order valence-electron chi connectivity index (χ3n) is 5.17. The third kappa shape index (κ3) is 3.48. The number of amides is 1. The molecule has 2 aliphatic carbocycles. The molecule has 3 rings (SSSR count). The van der Waals surface area contributed by atoms with E-state index in [-0.39, 0.29) is 12.5 Å². The Morgan fingerprint density at radius 3 is 2.50 bits per heavy atom. The lowest BCUT2D eigenvalue weighted by molar-refractivity contribution is 0.0923. The van der Waals surface area contributed by atoms with Gasteiger partial charge in [0.05, 0.1) is 18.5 Å². The number of nitrogens with one attached hydrogen (secondary N) is 1. The Morgan fingerprint density at radius 1 is 1.29 bits per heavy atom. The van der Waals surface area contributed by atoms with Crippen molar-refractivity contribution in [1.82, 2.24) is 5.32 Å². The Bertz CT molecular complexity index is 727. The average molecular weight is 348 g/mol. The average Bonchev–Trinajstić information content (AvgIpc) is 3.14. The maximum Gasteiger partial charge on any atom is 0.251 e. The molecule has 0 aliphatic heterocycles. The standard InChI is InChI=1S/C18H24N2O3S/c1-3-10-20(24(2,22)23)16-8-6-14(7-9-16)18(21)19-17-12-13-4-5-15(17)11-13/h3,6-9,13,15,17H,1,4-5,10-12H2,2H3,(H,19,21)/t13-,15+,17-/m1/s1. The van der Waals surface area contributed by atoms with Crippen molar-refractivity contribution >= 4 is 21.6 Å². The van der Waals surface area contributed by atoms with Crippen LogP contribution in [0.1, 0.15) is 36.0 Å². The summed E-state index contributed by atoms with van der Waals surface area (Å²) in [5.41, 5.74) is 1.10. The van der Waals surface area contributed by atoms with Gasteiger partial charge in [0.2, 0.25) is 10.0 Å². The number of carbonyl (C=O) groups excluding carboxylic acids is 1. The first kappa shape index (κ1) is 17.0. The van der Waals surface area contributed by atoms with Gasteiger partial charge in [-0.15, -0.1) is 6.58 Å². The fourth-order valence-electron chi connectivity index (χ4n) is 4.00. The van der Waals surface area contributed by atoms with Crippen LogP contribution in [0.2, 0.25) is 0 Å². The van der Waals surface area contributed by atoms with Crippen LogP contribution in [0.25, 0.3) is 0 Å². The van der Waals surface area contributed by atoms with E-state index in [4.69, 9.17) is 0 Å². The molecule has 1 aromatic rings. The number of rotatable bonds is 6. The molecule has 6 heteroatoms. The summed E-state index contributed by atoms with van der Waals surface area (Å²) < 4.78 is 24.9. The highest BCUT2D eigenvalue weighted by Crippen LogP contribution is 2.44. The lowest BCUT2D eigenvalue weighted by Crippen LogP contribution is -2.38. The lowest BCUT2D eigenvalue weighted by atomic mass is 9.95. The molecule has 2 bridgehead atoms. The summed E-state index contributed by atoms with van der Waals surface area (Å²) in [6.45, 7) is 3.79. The van der Waals surface area contributed by atoms with Gasteiger partial charge in [-0.05, 0) is 55.4 Å². The van der Waals surface area contributed by atoms with Crippen molar-refractivity contribution in [3.8, 4) is 0 Å². The van der Waals surface area contributed by atoms with Crippen molar-refractivity contribution in [2.24, 2.45) is 11.8 Å². The van der Waals surface area contributed by atoms with E-state index in [9.17, 15) is 13.2 Å². The van der Waals surface area contributed by atoms with Crippen molar-refractivity contribution in [3.63, 3.8) is 0 Å². The maximum absolute atomic E-state index is 12.4. The highest BCUT2D eigenvalue weighted by atomic mass is 32.2. The number of anilines is 1. The molecule has 2 aliphatic rings. The molecule has 1 amide bonds. The molecular formula is C18H24N2O3S. The van der Waals surface area contributed by atoms with Gasteiger partial charge in [-0.1, -0.05) is 12.5 Å². The predicted molar refractivity (Wildman–Crippen MR) is 95.5 cm³/mol. The Morgan fingerprint density at radius 2 is 2.00 bits per heavy atom. The molecule has 1 N–H and O–H groups in total. The Kier molecular flexibility index (Phi) is 4.67. The maximum atomic E-state index is 12.4. The number of fused-ring (bicyclic) bond motifs is 2. The molecule has 0 saturated heterocycles. The second-order valence-electron chi connectivity index (χ2n) is 6.88. The Labute approximate surface area is 143 Å². The van der Waals surface area contributed by atoms with Crippen LogP contribution in [-0.2, 0) is 10.0 Å². The smallest absolute Gasteiger partial charge is 0.251 e. The Balaban J connectivity index is 1.69. The van der Waals surface area contributed by atoms with Gasteiger partial charge in [-0.3, -0.25) is 9.10 Å². The molecule has 0 aromatic heterocycles. The van der Waals surface area contributed by atoms with Gasteiger partial charge in [0.1, 0.15) is 0 Å². The van der Waals surface area contributed by atoms with Crippen LogP contribution in [0.3, 0.4) is 0 Å². The first-order chi connectivity index (χ1) is 11.4. The van der Waals surface area contributed by atoms with Gasteiger partial charge in [-0.2, -0.15) is 0 Å². The molecular weight excluding hydrogens is 324 g/mol. The summed E-state index contributed by atoms with van der Waals surface area (Å²) in [7, 11) is -3.38. The fourth-order valence-corrected chi connectivity index (χ4v) is 4.88. The first-order valence-electron chi connectivity index (χ1n) is 8.38. The molecule has 0 heterocycles. The number of hydrogen-bond acceptors (Lipinski definition) is 3. The monoisotopic (exact) mass is 348 g/mol. The highest BCUT2D eigenvalue weighted by Gasteiger charge is 2.40. The zero-order valence-corrected chi connectivity index (χ0v) is 14.8. The van der Waals surface area contributed by atoms with E-state index in [1.165, 1.54) is 29.6 Å². The summed E-state index contributed by atoms with van der Waals surface area (Å²) in [5, 5.41) is 3.14. The van der Waals surface area contributed by atoms with Crippen molar-refractivity contribution < 1.29 is 13.2 Å². The lowest BCUT2D eigenvalue weighted by Gasteiger charge is -2.23. The fraction of sp³-hybridized carbons (Fsp3) is 0.500. The van der Waals surface area contributed by atoms with Crippen LogP contribution in [0.5, 0.6) is 0 Å². The minimum Gasteiger partial charge on any atom is -0.349 e. The quantitative estimate of drug-likeness (QED) is 0.804. The highest BCUT2D eigenvalue weighted by molar-refractivity contribution is 7.92. The summed E-state index contributed by atoms with van der Waals surface area (Å²) in [6.07, 6.45) is 7.56. The van der Waals surface area contributed by atoms with E-state index in [0.29, 0.717) is 23.2 Å². The van der Waals surface area contributed by atoms with E-state index >= 15 is 0 Å². The van der Waals surface area contributed by atoms with E-state index in [1.807, 2.05) is 0 Å². The van der Waals surface area contributed by atoms with Gasteiger partial charge < -0.3 is 5.32 Å². The van der Waals surface area contributed by atoms with Crippen LogP contribution in [0, 0.1) is 11.8 Å². The Hall–Kier alpha value is -1.82. The molecule has 3 atom stereocenters. The molecule has 1 aromatic carbocycles. The van der Waals surface area contributed by atoms with Crippen LogP contribution in [-0.4, -0.2) is 33.2 Å². The minimum atomic E-state index is -3.38. The SMILES string of the molecule is C=CCN(c1ccc(C(=O)N[C@@H]2C[C@@H]3CC[C@H]2C3)cc1)S(C)(=O)=O. The molecule has 0 radical (unpaired) electrons. The van der Waals surface area contributed by atoms with Crippen molar-refractivity contribution in [2.45, 2.75) is 31.7 Å². The third-order valence-corrected chi connectivity index (χ3v) is 6.33. The number of sulfonamides is 1. The van der Waals surface area contributed by atoms with Crippen molar-refractivity contribution in [2.75, 3.05) is 17.1 Å². The summed E-state index contributed by atoms with van der Waals surface area (Å²) in [5.74, 6) is 1.34. The van der Waals surface area contributed by atoms with Crippen LogP contribution in [0.15, 0.2) is 36.9 Å². The van der Waals surface area contributed by atoms with Gasteiger partial charge in [0.15, 0.2) is 0 Å². The molecule has 130 valence electrons. The summed E-state index contributed by atoms with van der Waals surface area (Å²) >= 11 is 0. The summed E-state index contributed by atoms with van der Waals surface area (Å²) in [4.78, 5) is 12.4. The topological polar surface area (TPSA) is 66.5 Å². The van der Waals surface area contributed by atoms with Crippen LogP contribution < -0.4 is 9.62 Å². The van der Waals surface area contributed by atoms with Gasteiger partial charge in [-0.25, -0.2) is 8.42 Å². The second kappa shape index (κ2) is 6.59. The molecule has 5 nitrogen and oxygen atoms in total. The van der Waals surface area contributed by atoms with Gasteiger partial charge in [0, 0.05) is 11.6 Å². The molecule has 24 heavy (non-hydrogen) atoms. The predicted octanol–water partition coefficient (Wildman–Crippen LogP) is 2.56. The second-order valence-corrected chi connectivity index (χ2v) is 8.79. The van der Waals surface area contributed by atoms with E-state index < -0.39 is 10.0 Å². The largest absolute Gasteiger partial charge is 0.349 e. The zero-order chi connectivity index (χ0) is 17.3. The minimum absolute atomic E-state index is 0.0753. The van der Waals surface area contributed by atoms with Crippen LogP contribution >= 0.6 is 0 Å². The number of hydrogen-bond donors (Lipinski definition) is 1. The normalized spacial score (nSPS) is 25.5.